The SMILES string of the molecule is COc1ncc(Br)cc1C1=C(CN2C(=O)O[C@H](c3cc(C)cc(C(F)(F)F)c3)[C@@H]2C)CC(C)(C)CC1. The molecule has 0 N–H and O–H groups in total. The second-order valence-corrected chi connectivity index (χ2v) is 11.4. The molecule has 1 aliphatic heterocycles. The molecule has 2 heterocycles. The van der Waals surface area contributed by atoms with Gasteiger partial charge in [0.25, 0.3) is 0 Å². The number of rotatable bonds is 5. The Morgan fingerprint density at radius 3 is 2.64 bits per heavy atom. The molecule has 0 radical (unpaired) electrons. The Hall–Kier alpha value is -2.55. The number of aryl methyl sites for hydroxylation is 1. The molecular formula is C27H30BrF3N2O3. The van der Waals surface area contributed by atoms with Crippen LogP contribution in [0.2, 0.25) is 0 Å². The number of benzene rings is 1. The van der Waals surface area contributed by atoms with Gasteiger partial charge < -0.3 is 9.47 Å². The van der Waals surface area contributed by atoms with E-state index in [0.717, 1.165) is 52.6 Å². The zero-order valence-electron chi connectivity index (χ0n) is 21.0. The van der Waals surface area contributed by atoms with Gasteiger partial charge in [0.1, 0.15) is 6.10 Å². The molecule has 2 aromatic rings. The number of carbonyl (C=O) groups excluding carboxylic acids is 1. The van der Waals surface area contributed by atoms with Crippen LogP contribution in [0.1, 0.15) is 68.4 Å². The highest BCUT2D eigenvalue weighted by atomic mass is 79.9. The van der Waals surface area contributed by atoms with Gasteiger partial charge in [-0.2, -0.15) is 13.2 Å². The summed E-state index contributed by atoms with van der Waals surface area (Å²) < 4.78 is 52.3. The maximum Gasteiger partial charge on any atom is 0.416 e. The fraction of sp³-hybridized carbons (Fsp3) is 0.481. The molecule has 1 aromatic heterocycles. The van der Waals surface area contributed by atoms with Crippen LogP contribution < -0.4 is 4.74 Å². The number of hydrogen-bond acceptors (Lipinski definition) is 4. The minimum Gasteiger partial charge on any atom is -0.481 e. The molecule has 194 valence electrons. The van der Waals surface area contributed by atoms with Gasteiger partial charge in [-0.05, 0) is 89.4 Å². The summed E-state index contributed by atoms with van der Waals surface area (Å²) in [6, 6.07) is 5.36. The highest BCUT2D eigenvalue weighted by Gasteiger charge is 2.42. The third kappa shape index (κ3) is 5.41. The van der Waals surface area contributed by atoms with Crippen LogP contribution in [0.4, 0.5) is 18.0 Å². The number of hydrogen-bond donors (Lipinski definition) is 0. The molecule has 36 heavy (non-hydrogen) atoms. The van der Waals surface area contributed by atoms with Crippen molar-refractivity contribution < 1.29 is 27.4 Å². The number of carbonyl (C=O) groups is 1. The van der Waals surface area contributed by atoms with Crippen molar-refractivity contribution >= 4 is 27.6 Å². The minimum absolute atomic E-state index is 0.0376. The number of methoxy groups -OCH3 is 1. The number of pyridine rings is 1. The van der Waals surface area contributed by atoms with Crippen molar-refractivity contribution in [2.45, 2.75) is 65.3 Å². The average molecular weight is 567 g/mol. The Labute approximate surface area is 217 Å². The summed E-state index contributed by atoms with van der Waals surface area (Å²) in [6.07, 6.45) is -1.59. The molecule has 2 atom stereocenters. The van der Waals surface area contributed by atoms with Crippen LogP contribution in [0.15, 0.2) is 40.5 Å². The van der Waals surface area contributed by atoms with E-state index in [4.69, 9.17) is 9.47 Å². The standard InChI is InChI=1S/C27H30BrF3N2O3/c1-15-8-17(10-19(9-15)27(29,30)31)23-16(2)33(25(34)36-23)14-18-12-26(3,4)7-6-21(18)22-11-20(28)13-32-24(22)35-5/h8-11,13,16,23H,6-7,12,14H2,1-5H3/t16-,23-/m0/s1. The number of halogens is 4. The Morgan fingerprint density at radius 2 is 1.97 bits per heavy atom. The first kappa shape index (κ1) is 26.5. The van der Waals surface area contributed by atoms with Crippen LogP contribution in [0.5, 0.6) is 5.88 Å². The molecule has 0 unspecified atom stereocenters. The molecule has 0 saturated carbocycles. The summed E-state index contributed by atoms with van der Waals surface area (Å²) in [5.41, 5.74) is 3.15. The Morgan fingerprint density at radius 1 is 1.25 bits per heavy atom. The van der Waals surface area contributed by atoms with Gasteiger partial charge in [0.05, 0.1) is 18.7 Å². The van der Waals surface area contributed by atoms with Crippen molar-refractivity contribution in [1.82, 2.24) is 9.88 Å². The second kappa shape index (κ2) is 9.72. The predicted octanol–water partition coefficient (Wildman–Crippen LogP) is 7.73. The van der Waals surface area contributed by atoms with Gasteiger partial charge in [-0.25, -0.2) is 9.78 Å². The van der Waals surface area contributed by atoms with Crippen molar-refractivity contribution in [2.75, 3.05) is 13.7 Å². The lowest BCUT2D eigenvalue weighted by Gasteiger charge is -2.35. The third-order valence-electron chi connectivity index (χ3n) is 7.02. The average Bonchev–Trinajstić information content (AvgIpc) is 3.06. The molecular weight excluding hydrogens is 537 g/mol. The van der Waals surface area contributed by atoms with Crippen LogP contribution in [-0.4, -0.2) is 35.7 Å². The molecule has 1 aliphatic carbocycles. The van der Waals surface area contributed by atoms with Crippen molar-refractivity contribution in [3.05, 3.63) is 62.8 Å². The van der Waals surface area contributed by atoms with Crippen LogP contribution >= 0.6 is 15.9 Å². The van der Waals surface area contributed by atoms with Gasteiger partial charge in [-0.1, -0.05) is 25.5 Å². The van der Waals surface area contributed by atoms with Gasteiger partial charge in [0.15, 0.2) is 0 Å². The molecule has 5 nitrogen and oxygen atoms in total. The molecule has 1 amide bonds. The van der Waals surface area contributed by atoms with E-state index >= 15 is 0 Å². The molecule has 1 fully saturated rings. The topological polar surface area (TPSA) is 51.7 Å². The number of nitrogens with zero attached hydrogens (tertiary/aromatic N) is 2. The Bertz CT molecular complexity index is 1210. The summed E-state index contributed by atoms with van der Waals surface area (Å²) in [5, 5.41) is 0. The van der Waals surface area contributed by atoms with Crippen molar-refractivity contribution in [3.8, 4) is 5.88 Å². The van der Waals surface area contributed by atoms with E-state index in [2.05, 4.69) is 34.8 Å². The van der Waals surface area contributed by atoms with Crippen LogP contribution in [0.25, 0.3) is 5.57 Å². The summed E-state index contributed by atoms with van der Waals surface area (Å²) >= 11 is 3.50. The van der Waals surface area contributed by atoms with E-state index in [0.29, 0.717) is 23.6 Å². The maximum atomic E-state index is 13.4. The number of allylic oxidation sites excluding steroid dienone is 1. The quantitative estimate of drug-likeness (QED) is 0.371. The van der Waals surface area contributed by atoms with E-state index in [1.807, 2.05) is 13.0 Å². The first-order valence-electron chi connectivity index (χ1n) is 11.9. The van der Waals surface area contributed by atoms with Crippen molar-refractivity contribution in [2.24, 2.45) is 5.41 Å². The minimum atomic E-state index is -4.48. The lowest BCUT2D eigenvalue weighted by Crippen LogP contribution is -2.35. The highest BCUT2D eigenvalue weighted by molar-refractivity contribution is 9.10. The van der Waals surface area contributed by atoms with E-state index in [1.165, 1.54) is 0 Å². The largest absolute Gasteiger partial charge is 0.481 e. The van der Waals surface area contributed by atoms with Gasteiger partial charge in [-0.3, -0.25) is 4.90 Å². The van der Waals surface area contributed by atoms with E-state index in [9.17, 15) is 18.0 Å². The summed E-state index contributed by atoms with van der Waals surface area (Å²) in [6.45, 7) is 8.14. The van der Waals surface area contributed by atoms with Crippen LogP contribution in [0.3, 0.4) is 0 Å². The number of aromatic nitrogens is 1. The van der Waals surface area contributed by atoms with Crippen molar-refractivity contribution in [3.63, 3.8) is 0 Å². The maximum absolute atomic E-state index is 13.4. The zero-order valence-corrected chi connectivity index (χ0v) is 22.6. The van der Waals surface area contributed by atoms with Gasteiger partial charge in [0.2, 0.25) is 5.88 Å². The summed E-state index contributed by atoms with van der Waals surface area (Å²) in [4.78, 5) is 19.0. The number of amides is 1. The zero-order chi connectivity index (χ0) is 26.4. The summed E-state index contributed by atoms with van der Waals surface area (Å²) in [7, 11) is 1.58. The molecule has 1 aromatic carbocycles. The molecule has 0 spiro atoms. The second-order valence-electron chi connectivity index (χ2n) is 10.4. The molecule has 0 bridgehead atoms. The van der Waals surface area contributed by atoms with Gasteiger partial charge in [0, 0.05) is 22.8 Å². The van der Waals surface area contributed by atoms with E-state index < -0.39 is 30.0 Å². The molecule has 1 saturated heterocycles. The first-order valence-corrected chi connectivity index (χ1v) is 12.7. The molecule has 9 heteroatoms. The van der Waals surface area contributed by atoms with Gasteiger partial charge >= 0.3 is 12.3 Å². The summed E-state index contributed by atoms with van der Waals surface area (Å²) in [5.74, 6) is 0.514. The highest BCUT2D eigenvalue weighted by Crippen LogP contribution is 2.46. The van der Waals surface area contributed by atoms with Crippen LogP contribution in [0, 0.1) is 12.3 Å². The Kier molecular flexibility index (Phi) is 7.16. The van der Waals surface area contributed by atoms with E-state index in [-0.39, 0.29) is 5.41 Å². The first-order chi connectivity index (χ1) is 16.8. The van der Waals surface area contributed by atoms with E-state index in [1.54, 1.807) is 31.2 Å². The molecule has 2 aliphatic rings. The Balaban J connectivity index is 1.70. The lowest BCUT2D eigenvalue weighted by molar-refractivity contribution is -0.137. The van der Waals surface area contributed by atoms with Crippen LogP contribution in [-0.2, 0) is 10.9 Å². The fourth-order valence-corrected chi connectivity index (χ4v) is 5.53. The van der Waals surface area contributed by atoms with Crippen molar-refractivity contribution in [1.29, 1.82) is 0 Å². The monoisotopic (exact) mass is 566 g/mol. The third-order valence-corrected chi connectivity index (χ3v) is 7.45. The smallest absolute Gasteiger partial charge is 0.416 e. The lowest BCUT2D eigenvalue weighted by atomic mass is 9.73. The fourth-order valence-electron chi connectivity index (χ4n) is 5.20. The van der Waals surface area contributed by atoms with Gasteiger partial charge in [-0.15, -0.1) is 0 Å². The number of ether oxygens (including phenoxy) is 2. The number of alkyl halides is 3. The normalized spacial score (nSPS) is 22.1. The molecule has 4 rings (SSSR count). The number of cyclic esters (lactones) is 1. The predicted molar refractivity (Wildman–Crippen MR) is 135 cm³/mol.